The Morgan fingerprint density at radius 1 is 1.36 bits per heavy atom. The van der Waals surface area contributed by atoms with Gasteiger partial charge in [-0.2, -0.15) is 0 Å². The van der Waals surface area contributed by atoms with Crippen LogP contribution in [0.5, 0.6) is 0 Å². The lowest BCUT2D eigenvalue weighted by molar-refractivity contribution is 1.32. The number of benzene rings is 1. The Balaban J connectivity index is 2.59. The molecule has 14 heavy (non-hydrogen) atoms. The fourth-order valence-corrected chi connectivity index (χ4v) is 1.66. The summed E-state index contributed by atoms with van der Waals surface area (Å²) in [5.41, 5.74) is 0.983. The van der Waals surface area contributed by atoms with Crippen LogP contribution in [-0.2, 0) is 0 Å². The van der Waals surface area contributed by atoms with Crippen LogP contribution >= 0.6 is 39.1 Å². The first kappa shape index (κ1) is 11.9. The van der Waals surface area contributed by atoms with E-state index in [0.29, 0.717) is 10.9 Å². The highest BCUT2D eigenvalue weighted by Crippen LogP contribution is 2.29. The summed E-state index contributed by atoms with van der Waals surface area (Å²) >= 11 is 14.8. The highest BCUT2D eigenvalue weighted by Gasteiger charge is 2.01. The molecule has 0 fully saturated rings. The molecular formula is C10H10BrCl2N. The molecule has 0 bridgehead atoms. The van der Waals surface area contributed by atoms with Crippen molar-refractivity contribution >= 4 is 44.8 Å². The van der Waals surface area contributed by atoms with Crippen molar-refractivity contribution in [3.05, 3.63) is 39.8 Å². The Labute approximate surface area is 102 Å². The molecule has 4 heteroatoms. The molecular weight excluding hydrogens is 285 g/mol. The molecule has 1 N–H and O–H groups in total. The fraction of sp³-hybridized carbons (Fsp3) is 0.200. The van der Waals surface area contributed by atoms with Gasteiger partial charge in [0, 0.05) is 12.4 Å². The van der Waals surface area contributed by atoms with Crippen LogP contribution in [-0.4, -0.2) is 12.4 Å². The zero-order valence-electron chi connectivity index (χ0n) is 7.43. The molecule has 0 heterocycles. The number of allylic oxidation sites excluding steroid dienone is 1. The van der Waals surface area contributed by atoms with Gasteiger partial charge < -0.3 is 5.32 Å². The van der Waals surface area contributed by atoms with Gasteiger partial charge in [0.1, 0.15) is 0 Å². The molecule has 0 aliphatic heterocycles. The lowest BCUT2D eigenvalue weighted by Crippen LogP contribution is -1.98. The molecule has 0 saturated carbocycles. The summed E-state index contributed by atoms with van der Waals surface area (Å²) in [6, 6.07) is 5.70. The highest BCUT2D eigenvalue weighted by molar-refractivity contribution is 9.10. The molecule has 0 amide bonds. The first-order valence-electron chi connectivity index (χ1n) is 4.14. The summed E-state index contributed by atoms with van der Waals surface area (Å²) in [4.78, 5) is 0. The topological polar surface area (TPSA) is 12.0 Å². The van der Waals surface area contributed by atoms with Crippen LogP contribution in [0.2, 0.25) is 5.02 Å². The maximum absolute atomic E-state index is 5.93. The molecule has 0 radical (unpaired) electrons. The van der Waals surface area contributed by atoms with Gasteiger partial charge in [0.05, 0.1) is 15.2 Å². The average molecular weight is 295 g/mol. The van der Waals surface area contributed by atoms with E-state index in [-0.39, 0.29) is 0 Å². The van der Waals surface area contributed by atoms with Crippen molar-refractivity contribution in [3.63, 3.8) is 0 Å². The van der Waals surface area contributed by atoms with Gasteiger partial charge in [-0.3, -0.25) is 0 Å². The predicted octanol–water partition coefficient (Wildman–Crippen LogP) is 4.31. The molecule has 0 saturated heterocycles. The Bertz CT molecular complexity index is 326. The summed E-state index contributed by atoms with van der Waals surface area (Å²) < 4.78 is 0.890. The molecule has 0 atom stereocenters. The summed E-state index contributed by atoms with van der Waals surface area (Å²) in [5, 5.41) is 3.92. The largest absolute Gasteiger partial charge is 0.381 e. The second kappa shape index (κ2) is 6.33. The van der Waals surface area contributed by atoms with E-state index in [4.69, 9.17) is 23.2 Å². The van der Waals surface area contributed by atoms with E-state index < -0.39 is 0 Å². The number of halogens is 3. The van der Waals surface area contributed by atoms with Crippen LogP contribution in [0.25, 0.3) is 0 Å². The van der Waals surface area contributed by atoms with Gasteiger partial charge >= 0.3 is 0 Å². The summed E-state index contributed by atoms with van der Waals surface area (Å²) in [5.74, 6) is 0.540. The van der Waals surface area contributed by atoms with Crippen molar-refractivity contribution in [1.29, 1.82) is 0 Å². The third kappa shape index (κ3) is 3.52. The number of alkyl halides is 1. The van der Waals surface area contributed by atoms with Gasteiger partial charge in [-0.1, -0.05) is 29.8 Å². The standard InChI is InChI=1S/C10H10BrCl2N/c11-10-8(13)4-3-5-9(10)14-7-2-1-6-12/h1-5,14H,6-7H2/b2-1+. The van der Waals surface area contributed by atoms with E-state index in [9.17, 15) is 0 Å². The van der Waals surface area contributed by atoms with Crippen molar-refractivity contribution in [2.45, 2.75) is 0 Å². The molecule has 1 nitrogen and oxygen atoms in total. The third-order valence-electron chi connectivity index (χ3n) is 1.62. The van der Waals surface area contributed by atoms with Crippen LogP contribution in [0.4, 0.5) is 5.69 Å². The molecule has 1 aromatic carbocycles. The fourth-order valence-electron chi connectivity index (χ4n) is 0.956. The summed E-state index contributed by atoms with van der Waals surface area (Å²) in [6.45, 7) is 0.742. The molecule has 0 spiro atoms. The van der Waals surface area contributed by atoms with Crippen LogP contribution < -0.4 is 5.32 Å². The zero-order chi connectivity index (χ0) is 10.4. The van der Waals surface area contributed by atoms with E-state index >= 15 is 0 Å². The van der Waals surface area contributed by atoms with Gasteiger partial charge in [0.15, 0.2) is 0 Å². The SMILES string of the molecule is ClC/C=C/CNc1cccc(Cl)c1Br. The van der Waals surface area contributed by atoms with Gasteiger partial charge in [0.2, 0.25) is 0 Å². The van der Waals surface area contributed by atoms with Gasteiger partial charge in [0.25, 0.3) is 0 Å². The van der Waals surface area contributed by atoms with Crippen molar-refractivity contribution < 1.29 is 0 Å². The minimum atomic E-state index is 0.540. The van der Waals surface area contributed by atoms with Crippen molar-refractivity contribution in [1.82, 2.24) is 0 Å². The van der Waals surface area contributed by atoms with E-state index in [1.54, 1.807) is 0 Å². The number of nitrogens with one attached hydrogen (secondary N) is 1. The molecule has 0 aliphatic rings. The average Bonchev–Trinajstić information content (AvgIpc) is 2.19. The first-order valence-corrected chi connectivity index (χ1v) is 5.85. The third-order valence-corrected chi connectivity index (χ3v) is 3.19. The quantitative estimate of drug-likeness (QED) is 0.644. The zero-order valence-corrected chi connectivity index (χ0v) is 10.5. The normalized spacial score (nSPS) is 10.8. The maximum Gasteiger partial charge on any atom is 0.0593 e. The van der Waals surface area contributed by atoms with E-state index in [0.717, 1.165) is 16.7 Å². The second-order valence-electron chi connectivity index (χ2n) is 2.61. The van der Waals surface area contributed by atoms with E-state index in [1.807, 2.05) is 30.4 Å². The number of anilines is 1. The molecule has 76 valence electrons. The Morgan fingerprint density at radius 3 is 2.86 bits per heavy atom. The van der Waals surface area contributed by atoms with E-state index in [2.05, 4.69) is 21.2 Å². The summed E-state index contributed by atoms with van der Waals surface area (Å²) in [7, 11) is 0. The first-order chi connectivity index (χ1) is 6.75. The van der Waals surface area contributed by atoms with Crippen molar-refractivity contribution in [2.24, 2.45) is 0 Å². The Morgan fingerprint density at radius 2 is 2.14 bits per heavy atom. The van der Waals surface area contributed by atoms with Crippen molar-refractivity contribution in [2.75, 3.05) is 17.7 Å². The van der Waals surface area contributed by atoms with Crippen LogP contribution in [0, 0.1) is 0 Å². The Hall–Kier alpha value is -0.180. The molecule has 0 aliphatic carbocycles. The molecule has 0 unspecified atom stereocenters. The molecule has 0 aromatic heterocycles. The van der Waals surface area contributed by atoms with Crippen LogP contribution in [0.1, 0.15) is 0 Å². The van der Waals surface area contributed by atoms with Gasteiger partial charge in [-0.25, -0.2) is 0 Å². The van der Waals surface area contributed by atoms with Crippen LogP contribution in [0.15, 0.2) is 34.8 Å². The number of hydrogen-bond donors (Lipinski definition) is 1. The number of rotatable bonds is 4. The minimum absolute atomic E-state index is 0.540. The van der Waals surface area contributed by atoms with Gasteiger partial charge in [-0.05, 0) is 28.1 Å². The van der Waals surface area contributed by atoms with E-state index in [1.165, 1.54) is 0 Å². The smallest absolute Gasteiger partial charge is 0.0593 e. The molecule has 1 rings (SSSR count). The molecule has 1 aromatic rings. The second-order valence-corrected chi connectivity index (χ2v) is 4.12. The lowest BCUT2D eigenvalue weighted by Gasteiger charge is -2.06. The van der Waals surface area contributed by atoms with Gasteiger partial charge in [-0.15, -0.1) is 11.6 Å². The lowest BCUT2D eigenvalue weighted by atomic mass is 10.3. The minimum Gasteiger partial charge on any atom is -0.381 e. The van der Waals surface area contributed by atoms with Crippen molar-refractivity contribution in [3.8, 4) is 0 Å². The highest BCUT2D eigenvalue weighted by atomic mass is 79.9. The Kier molecular flexibility index (Phi) is 5.38. The summed E-state index contributed by atoms with van der Waals surface area (Å²) in [6.07, 6.45) is 3.87. The monoisotopic (exact) mass is 293 g/mol. The maximum atomic E-state index is 5.93. The van der Waals surface area contributed by atoms with Crippen LogP contribution in [0.3, 0.4) is 0 Å². The number of hydrogen-bond acceptors (Lipinski definition) is 1. The predicted molar refractivity (Wildman–Crippen MR) is 67.5 cm³/mol.